The van der Waals surface area contributed by atoms with E-state index < -0.39 is 0 Å². The van der Waals surface area contributed by atoms with Crippen LogP contribution in [0.5, 0.6) is 6.08 Å². The summed E-state index contributed by atoms with van der Waals surface area (Å²) in [6.07, 6.45) is 1.96. The zero-order valence-corrected chi connectivity index (χ0v) is 8.33. The third kappa shape index (κ3) is 3.46. The number of aromatic nitrogens is 1. The highest BCUT2D eigenvalue weighted by Gasteiger charge is 2.03. The fourth-order valence-electron chi connectivity index (χ4n) is 0.868. The van der Waals surface area contributed by atoms with Gasteiger partial charge >= 0.3 is 6.08 Å². The molecule has 13 heavy (non-hydrogen) atoms. The fourth-order valence-corrected chi connectivity index (χ4v) is 0.868. The predicted molar refractivity (Wildman–Crippen MR) is 49.6 cm³/mol. The average molecular weight is 184 g/mol. The molecule has 0 amide bonds. The van der Waals surface area contributed by atoms with Gasteiger partial charge in [0.05, 0.1) is 12.3 Å². The largest absolute Gasteiger partial charge is 0.450 e. The van der Waals surface area contributed by atoms with Gasteiger partial charge in [-0.1, -0.05) is 13.8 Å². The molecule has 1 N–H and O–H groups in total. The van der Waals surface area contributed by atoms with Gasteiger partial charge in [0.25, 0.3) is 0 Å². The molecule has 1 heterocycles. The standard InChI is InChI=1S/C9H16N2O2/c1-4-12-9-11-8(6-13-9)5-10-7(2)3/h6-7,10H,4-5H2,1-3H3. The molecule has 0 bridgehead atoms. The second kappa shape index (κ2) is 4.87. The first-order chi connectivity index (χ1) is 6.22. The Morgan fingerprint density at radius 1 is 1.62 bits per heavy atom. The first-order valence-electron chi connectivity index (χ1n) is 4.53. The fraction of sp³-hybridized carbons (Fsp3) is 0.667. The van der Waals surface area contributed by atoms with E-state index in [2.05, 4.69) is 24.1 Å². The molecule has 0 spiro atoms. The summed E-state index contributed by atoms with van der Waals surface area (Å²) in [4.78, 5) is 4.12. The van der Waals surface area contributed by atoms with Gasteiger partial charge in [0.15, 0.2) is 0 Å². The Hall–Kier alpha value is -1.03. The molecule has 0 aliphatic rings. The van der Waals surface area contributed by atoms with Gasteiger partial charge in [-0.25, -0.2) is 0 Å². The van der Waals surface area contributed by atoms with Crippen LogP contribution in [0.15, 0.2) is 10.7 Å². The van der Waals surface area contributed by atoms with Crippen LogP contribution in [0.2, 0.25) is 0 Å². The minimum atomic E-state index is 0.350. The van der Waals surface area contributed by atoms with Gasteiger partial charge in [-0.05, 0) is 6.92 Å². The number of nitrogens with zero attached hydrogens (tertiary/aromatic N) is 1. The average Bonchev–Trinajstić information content (AvgIpc) is 2.50. The lowest BCUT2D eigenvalue weighted by atomic mass is 10.4. The summed E-state index contributed by atoms with van der Waals surface area (Å²) < 4.78 is 10.2. The van der Waals surface area contributed by atoms with Crippen molar-refractivity contribution in [3.05, 3.63) is 12.0 Å². The monoisotopic (exact) mass is 184 g/mol. The molecule has 4 nitrogen and oxygen atoms in total. The molecule has 0 aliphatic carbocycles. The molecule has 0 aromatic carbocycles. The molecular weight excluding hydrogens is 168 g/mol. The molecule has 0 atom stereocenters. The molecular formula is C9H16N2O2. The van der Waals surface area contributed by atoms with Crippen molar-refractivity contribution >= 4 is 0 Å². The van der Waals surface area contributed by atoms with Crippen LogP contribution in [-0.2, 0) is 6.54 Å². The highest BCUT2D eigenvalue weighted by molar-refractivity contribution is 4.99. The summed E-state index contributed by atoms with van der Waals surface area (Å²) >= 11 is 0. The van der Waals surface area contributed by atoms with E-state index in [1.165, 1.54) is 0 Å². The topological polar surface area (TPSA) is 47.3 Å². The van der Waals surface area contributed by atoms with Crippen LogP contribution in [-0.4, -0.2) is 17.6 Å². The van der Waals surface area contributed by atoms with E-state index in [4.69, 9.17) is 9.15 Å². The van der Waals surface area contributed by atoms with Crippen molar-refractivity contribution in [2.24, 2.45) is 0 Å². The Bertz CT molecular complexity index is 246. The first kappa shape index (κ1) is 10.1. The molecule has 1 rings (SSSR count). The lowest BCUT2D eigenvalue weighted by Gasteiger charge is -2.03. The maximum atomic E-state index is 5.09. The zero-order valence-electron chi connectivity index (χ0n) is 8.33. The molecule has 0 fully saturated rings. The van der Waals surface area contributed by atoms with Crippen molar-refractivity contribution in [2.75, 3.05) is 6.61 Å². The van der Waals surface area contributed by atoms with Crippen molar-refractivity contribution in [3.63, 3.8) is 0 Å². The van der Waals surface area contributed by atoms with Crippen LogP contribution in [0.3, 0.4) is 0 Å². The van der Waals surface area contributed by atoms with Gasteiger partial charge in [0, 0.05) is 12.6 Å². The van der Waals surface area contributed by atoms with Gasteiger partial charge < -0.3 is 14.5 Å². The Morgan fingerprint density at radius 2 is 2.38 bits per heavy atom. The Kier molecular flexibility index (Phi) is 3.76. The minimum absolute atomic E-state index is 0.350. The summed E-state index contributed by atoms with van der Waals surface area (Å²) in [5.74, 6) is 0. The Balaban J connectivity index is 2.39. The van der Waals surface area contributed by atoms with E-state index in [1.54, 1.807) is 6.26 Å². The summed E-state index contributed by atoms with van der Waals surface area (Å²) in [7, 11) is 0. The molecule has 0 saturated carbocycles. The maximum absolute atomic E-state index is 5.09. The number of oxazole rings is 1. The molecule has 0 unspecified atom stereocenters. The molecule has 4 heteroatoms. The quantitative estimate of drug-likeness (QED) is 0.754. The van der Waals surface area contributed by atoms with E-state index >= 15 is 0 Å². The summed E-state index contributed by atoms with van der Waals surface area (Å²) in [5, 5.41) is 3.24. The maximum Gasteiger partial charge on any atom is 0.393 e. The Morgan fingerprint density at radius 3 is 3.00 bits per heavy atom. The van der Waals surface area contributed by atoms with Crippen LogP contribution in [0.4, 0.5) is 0 Å². The van der Waals surface area contributed by atoms with Crippen LogP contribution < -0.4 is 10.1 Å². The predicted octanol–water partition coefficient (Wildman–Crippen LogP) is 1.57. The van der Waals surface area contributed by atoms with E-state index in [1.807, 2.05) is 6.92 Å². The normalized spacial score (nSPS) is 10.8. The van der Waals surface area contributed by atoms with Gasteiger partial charge in [0.1, 0.15) is 6.26 Å². The number of nitrogens with one attached hydrogen (secondary N) is 1. The van der Waals surface area contributed by atoms with Gasteiger partial charge in [0.2, 0.25) is 0 Å². The highest BCUT2D eigenvalue weighted by atomic mass is 16.6. The van der Waals surface area contributed by atoms with Crippen LogP contribution >= 0.6 is 0 Å². The second-order valence-corrected chi connectivity index (χ2v) is 3.07. The number of ether oxygens (including phenoxy) is 1. The summed E-state index contributed by atoms with van der Waals surface area (Å²) in [6, 6.07) is 0.451. The highest BCUT2D eigenvalue weighted by Crippen LogP contribution is 2.09. The van der Waals surface area contributed by atoms with Gasteiger partial charge in [-0.2, -0.15) is 4.98 Å². The van der Waals surface area contributed by atoms with E-state index in [9.17, 15) is 0 Å². The SMILES string of the molecule is CCOc1nc(CNC(C)C)co1. The smallest absolute Gasteiger partial charge is 0.393 e. The van der Waals surface area contributed by atoms with E-state index in [-0.39, 0.29) is 0 Å². The van der Waals surface area contributed by atoms with Crippen molar-refractivity contribution < 1.29 is 9.15 Å². The lowest BCUT2D eigenvalue weighted by molar-refractivity contribution is 0.244. The van der Waals surface area contributed by atoms with Crippen molar-refractivity contribution in [2.45, 2.75) is 33.4 Å². The molecule has 0 aliphatic heterocycles. The van der Waals surface area contributed by atoms with Gasteiger partial charge in [-0.15, -0.1) is 0 Å². The van der Waals surface area contributed by atoms with Crippen LogP contribution in [0, 0.1) is 0 Å². The second-order valence-electron chi connectivity index (χ2n) is 3.07. The zero-order chi connectivity index (χ0) is 9.68. The molecule has 0 saturated heterocycles. The van der Waals surface area contributed by atoms with Crippen molar-refractivity contribution in [1.29, 1.82) is 0 Å². The van der Waals surface area contributed by atoms with E-state index in [0.29, 0.717) is 25.3 Å². The van der Waals surface area contributed by atoms with Crippen molar-refractivity contribution in [1.82, 2.24) is 10.3 Å². The molecule has 0 radical (unpaired) electrons. The Labute approximate surface area is 78.3 Å². The van der Waals surface area contributed by atoms with Crippen molar-refractivity contribution in [3.8, 4) is 6.08 Å². The minimum Gasteiger partial charge on any atom is -0.450 e. The number of hydrogen-bond acceptors (Lipinski definition) is 4. The molecule has 1 aromatic rings. The number of hydrogen-bond donors (Lipinski definition) is 1. The molecule has 1 aromatic heterocycles. The van der Waals surface area contributed by atoms with Gasteiger partial charge in [-0.3, -0.25) is 0 Å². The number of rotatable bonds is 5. The first-order valence-corrected chi connectivity index (χ1v) is 4.53. The third-order valence-corrected chi connectivity index (χ3v) is 1.49. The third-order valence-electron chi connectivity index (χ3n) is 1.49. The van der Waals surface area contributed by atoms with Crippen LogP contribution in [0.1, 0.15) is 26.5 Å². The van der Waals surface area contributed by atoms with E-state index in [0.717, 1.165) is 5.69 Å². The van der Waals surface area contributed by atoms with Crippen LogP contribution in [0.25, 0.3) is 0 Å². The lowest BCUT2D eigenvalue weighted by Crippen LogP contribution is -2.21. The summed E-state index contributed by atoms with van der Waals surface area (Å²) in [6.45, 7) is 7.37. The molecule has 74 valence electrons. The summed E-state index contributed by atoms with van der Waals surface area (Å²) in [5.41, 5.74) is 0.872.